The monoisotopic (exact) mass is 324 g/mol. The maximum atomic E-state index is 12.7. The van der Waals surface area contributed by atoms with E-state index in [2.05, 4.69) is 0 Å². The van der Waals surface area contributed by atoms with E-state index in [1.807, 2.05) is 0 Å². The summed E-state index contributed by atoms with van der Waals surface area (Å²) < 4.78 is 38.0. The van der Waals surface area contributed by atoms with E-state index < -0.39 is 30.7 Å². The maximum absolute atomic E-state index is 12.7. The van der Waals surface area contributed by atoms with E-state index in [0.717, 1.165) is 4.90 Å². The zero-order valence-electron chi connectivity index (χ0n) is 11.1. The summed E-state index contributed by atoms with van der Waals surface area (Å²) in [6.07, 6.45) is -5.21. The number of rotatable bonds is 2. The van der Waals surface area contributed by atoms with Gasteiger partial charge in [-0.15, -0.1) is 12.4 Å². The zero-order valence-corrected chi connectivity index (χ0v) is 11.9. The number of nitrogens with two attached hydrogens (primary N) is 1. The molecule has 1 heterocycles. The Balaban J connectivity index is 0.00000220. The van der Waals surface area contributed by atoms with Crippen molar-refractivity contribution >= 4 is 24.0 Å². The van der Waals surface area contributed by atoms with Gasteiger partial charge in [0, 0.05) is 18.7 Å². The lowest BCUT2D eigenvalue weighted by molar-refractivity contribution is -0.253. The van der Waals surface area contributed by atoms with E-state index in [9.17, 15) is 23.1 Å². The summed E-state index contributed by atoms with van der Waals surface area (Å²) in [5.74, 6) is -0.435. The second-order valence-corrected chi connectivity index (χ2v) is 5.01. The minimum absolute atomic E-state index is 0. The van der Waals surface area contributed by atoms with E-state index in [4.69, 9.17) is 5.73 Å². The second-order valence-electron chi connectivity index (χ2n) is 5.01. The van der Waals surface area contributed by atoms with E-state index in [0.29, 0.717) is 11.3 Å². The summed E-state index contributed by atoms with van der Waals surface area (Å²) in [6.45, 7) is -0.797. The molecule has 4 nitrogen and oxygen atoms in total. The van der Waals surface area contributed by atoms with Crippen molar-refractivity contribution in [3.63, 3.8) is 0 Å². The first-order valence-corrected chi connectivity index (χ1v) is 6.12. The second kappa shape index (κ2) is 6.11. The highest BCUT2D eigenvalue weighted by Gasteiger charge is 2.57. The third-order valence-electron chi connectivity index (χ3n) is 3.46. The number of anilines is 1. The number of carbonyl (C=O) groups excluding carboxylic acids is 1. The number of hydrogen-bond acceptors (Lipinski definition) is 3. The van der Waals surface area contributed by atoms with Crippen molar-refractivity contribution < 1.29 is 23.1 Å². The topological polar surface area (TPSA) is 66.6 Å². The number of nitrogens with zero attached hydrogens (tertiary/aromatic N) is 1. The molecule has 1 fully saturated rings. The highest BCUT2D eigenvalue weighted by atomic mass is 35.5. The van der Waals surface area contributed by atoms with Gasteiger partial charge < -0.3 is 15.7 Å². The van der Waals surface area contributed by atoms with Gasteiger partial charge in [0.15, 0.2) is 5.60 Å². The Labute approximate surface area is 126 Å². The van der Waals surface area contributed by atoms with Crippen LogP contribution in [-0.4, -0.2) is 40.8 Å². The van der Waals surface area contributed by atoms with Gasteiger partial charge in [0.25, 0.3) is 0 Å². The zero-order chi connectivity index (χ0) is 15.0. The highest BCUT2D eigenvalue weighted by molar-refractivity contribution is 5.85. The molecule has 1 aliphatic heterocycles. The quantitative estimate of drug-likeness (QED) is 0.815. The van der Waals surface area contributed by atoms with Gasteiger partial charge in [-0.2, -0.15) is 13.2 Å². The van der Waals surface area contributed by atoms with Crippen LogP contribution in [0.15, 0.2) is 24.3 Å². The number of nitrogen functional groups attached to an aromatic ring is 1. The van der Waals surface area contributed by atoms with Crippen LogP contribution in [0.25, 0.3) is 0 Å². The molecule has 3 N–H and O–H groups in total. The highest BCUT2D eigenvalue weighted by Crippen LogP contribution is 2.37. The van der Waals surface area contributed by atoms with Crippen LogP contribution in [-0.2, 0) is 11.2 Å². The molecule has 1 aliphatic rings. The third-order valence-corrected chi connectivity index (χ3v) is 3.46. The molecular formula is C13H16ClF3N2O2. The van der Waals surface area contributed by atoms with E-state index in [1.54, 1.807) is 24.3 Å². The number of likely N-dealkylation sites (tertiary alicyclic amines) is 1. The minimum atomic E-state index is -4.72. The van der Waals surface area contributed by atoms with Gasteiger partial charge >= 0.3 is 6.18 Å². The molecule has 21 heavy (non-hydrogen) atoms. The number of benzene rings is 1. The number of hydrogen-bond donors (Lipinski definition) is 2. The molecule has 118 valence electrons. The van der Waals surface area contributed by atoms with Crippen LogP contribution in [0, 0.1) is 0 Å². The van der Waals surface area contributed by atoms with Gasteiger partial charge in [0.05, 0.1) is 13.0 Å². The van der Waals surface area contributed by atoms with Gasteiger partial charge in [-0.3, -0.25) is 4.79 Å². The molecule has 0 saturated carbocycles. The Kier molecular flexibility index (Phi) is 5.11. The predicted molar refractivity (Wildman–Crippen MR) is 74.0 cm³/mol. The average Bonchev–Trinajstić information content (AvgIpc) is 2.76. The standard InChI is InChI=1S/C13H15F3N2O2.ClH/c14-13(15,16)12(20)5-6-18(8-12)11(19)7-9-1-3-10(17)4-2-9;/h1-4,20H,5-8,17H2;1H. The molecule has 0 radical (unpaired) electrons. The SMILES string of the molecule is Cl.Nc1ccc(CC(=O)N2CCC(O)(C(F)(F)F)C2)cc1. The summed E-state index contributed by atoms with van der Waals surface area (Å²) in [5.41, 5.74) is 3.94. The normalized spacial score (nSPS) is 22.0. The van der Waals surface area contributed by atoms with Crippen LogP contribution in [0.4, 0.5) is 18.9 Å². The molecule has 0 aliphatic carbocycles. The molecule has 1 saturated heterocycles. The van der Waals surface area contributed by atoms with E-state index >= 15 is 0 Å². The van der Waals surface area contributed by atoms with Crippen molar-refractivity contribution in [2.45, 2.75) is 24.6 Å². The Hall–Kier alpha value is -1.47. The van der Waals surface area contributed by atoms with Crippen molar-refractivity contribution in [2.24, 2.45) is 0 Å². The van der Waals surface area contributed by atoms with Crippen molar-refractivity contribution in [1.82, 2.24) is 4.90 Å². The summed E-state index contributed by atoms with van der Waals surface area (Å²) >= 11 is 0. The van der Waals surface area contributed by atoms with Crippen LogP contribution in [0.1, 0.15) is 12.0 Å². The molecule has 1 aromatic carbocycles. The Bertz CT molecular complexity index is 507. The van der Waals surface area contributed by atoms with Crippen molar-refractivity contribution in [3.05, 3.63) is 29.8 Å². The van der Waals surface area contributed by atoms with Gasteiger partial charge in [0.1, 0.15) is 0 Å². The van der Waals surface area contributed by atoms with Crippen LogP contribution in [0.2, 0.25) is 0 Å². The number of carbonyl (C=O) groups is 1. The number of amides is 1. The molecule has 1 atom stereocenters. The molecule has 8 heteroatoms. The van der Waals surface area contributed by atoms with Gasteiger partial charge in [-0.05, 0) is 17.7 Å². The number of β-amino-alcohol motifs (C(OH)–C–C–N with tert-alkyl or cyclic N) is 1. The van der Waals surface area contributed by atoms with E-state index in [-0.39, 0.29) is 25.4 Å². The summed E-state index contributed by atoms with van der Waals surface area (Å²) in [7, 11) is 0. The van der Waals surface area contributed by atoms with Crippen LogP contribution in [0.3, 0.4) is 0 Å². The van der Waals surface area contributed by atoms with Gasteiger partial charge in [0.2, 0.25) is 5.91 Å². The average molecular weight is 325 g/mol. The smallest absolute Gasteiger partial charge is 0.399 e. The molecular weight excluding hydrogens is 309 g/mol. The molecule has 0 bridgehead atoms. The predicted octanol–water partition coefficient (Wildman–Crippen LogP) is 1.76. The lowest BCUT2D eigenvalue weighted by atomic mass is 10.0. The Morgan fingerprint density at radius 1 is 1.33 bits per heavy atom. The molecule has 1 amide bonds. The first kappa shape index (κ1) is 17.6. The molecule has 2 rings (SSSR count). The third kappa shape index (κ3) is 3.79. The Morgan fingerprint density at radius 2 is 1.90 bits per heavy atom. The molecule has 1 aromatic rings. The van der Waals surface area contributed by atoms with Crippen LogP contribution < -0.4 is 5.73 Å². The summed E-state index contributed by atoms with van der Waals surface area (Å²) in [6, 6.07) is 6.55. The lowest BCUT2D eigenvalue weighted by Crippen LogP contribution is -2.48. The van der Waals surface area contributed by atoms with Gasteiger partial charge in [-0.25, -0.2) is 0 Å². The summed E-state index contributed by atoms with van der Waals surface area (Å²) in [5, 5.41) is 9.51. The summed E-state index contributed by atoms with van der Waals surface area (Å²) in [4.78, 5) is 13.0. The van der Waals surface area contributed by atoms with E-state index in [1.165, 1.54) is 0 Å². The first-order chi connectivity index (χ1) is 9.21. The number of halogens is 4. The van der Waals surface area contributed by atoms with Crippen molar-refractivity contribution in [1.29, 1.82) is 0 Å². The molecule has 1 unspecified atom stereocenters. The maximum Gasteiger partial charge on any atom is 0.419 e. The molecule has 0 aromatic heterocycles. The fraction of sp³-hybridized carbons (Fsp3) is 0.462. The van der Waals surface area contributed by atoms with Gasteiger partial charge in [-0.1, -0.05) is 12.1 Å². The largest absolute Gasteiger partial charge is 0.419 e. The Morgan fingerprint density at radius 3 is 2.38 bits per heavy atom. The molecule has 0 spiro atoms. The van der Waals surface area contributed by atoms with Crippen LogP contribution >= 0.6 is 12.4 Å². The fourth-order valence-electron chi connectivity index (χ4n) is 2.16. The number of alkyl halides is 3. The minimum Gasteiger partial charge on any atom is -0.399 e. The fourth-order valence-corrected chi connectivity index (χ4v) is 2.16. The van der Waals surface area contributed by atoms with Crippen molar-refractivity contribution in [2.75, 3.05) is 18.8 Å². The van der Waals surface area contributed by atoms with Crippen molar-refractivity contribution in [3.8, 4) is 0 Å². The van der Waals surface area contributed by atoms with Crippen LogP contribution in [0.5, 0.6) is 0 Å². The number of aliphatic hydroxyl groups is 1. The first-order valence-electron chi connectivity index (χ1n) is 6.12. The lowest BCUT2D eigenvalue weighted by Gasteiger charge is -2.25.